The van der Waals surface area contributed by atoms with Gasteiger partial charge in [0.2, 0.25) is 5.91 Å². The Morgan fingerprint density at radius 2 is 2.20 bits per heavy atom. The van der Waals surface area contributed by atoms with Crippen LogP contribution in [0.3, 0.4) is 0 Å². The third-order valence-corrected chi connectivity index (χ3v) is 4.23. The molecule has 2 N–H and O–H groups in total. The Kier molecular flexibility index (Phi) is 2.21. The summed E-state index contributed by atoms with van der Waals surface area (Å²) in [5.74, 6) is 0.239. The monoisotopic (exact) mass is 209 g/mol. The van der Waals surface area contributed by atoms with Crippen LogP contribution >= 0.6 is 0 Å². The van der Waals surface area contributed by atoms with Crippen LogP contribution in [0.2, 0.25) is 0 Å². The molecule has 3 aliphatic heterocycles. The van der Waals surface area contributed by atoms with Crippen molar-refractivity contribution in [3.63, 3.8) is 0 Å². The van der Waals surface area contributed by atoms with Crippen molar-refractivity contribution in [3.8, 4) is 0 Å². The number of hydrogen-bond donors (Lipinski definition) is 2. The van der Waals surface area contributed by atoms with Crippen molar-refractivity contribution in [2.45, 2.75) is 37.3 Å². The third kappa shape index (κ3) is 1.31. The number of carbonyl (C=O) groups excluding carboxylic acids is 1. The summed E-state index contributed by atoms with van der Waals surface area (Å²) in [5.41, 5.74) is -0.251. The average Bonchev–Trinajstić information content (AvgIpc) is 2.64. The SMILES string of the molecule is O=C1NCCNC12CCN1CCCCC12. The molecule has 0 radical (unpaired) electrons. The molecular formula is C11H19N3O. The molecule has 1 amide bonds. The number of fused-ring (bicyclic) bond motifs is 2. The van der Waals surface area contributed by atoms with E-state index in [1.165, 1.54) is 25.8 Å². The summed E-state index contributed by atoms with van der Waals surface area (Å²) >= 11 is 0. The molecule has 0 saturated carbocycles. The highest BCUT2D eigenvalue weighted by Crippen LogP contribution is 2.35. The van der Waals surface area contributed by atoms with Crippen LogP contribution in [-0.2, 0) is 4.79 Å². The lowest BCUT2D eigenvalue weighted by Crippen LogP contribution is -2.68. The van der Waals surface area contributed by atoms with Gasteiger partial charge in [-0.25, -0.2) is 0 Å². The summed E-state index contributed by atoms with van der Waals surface area (Å²) < 4.78 is 0. The first-order chi connectivity index (χ1) is 7.33. The molecule has 3 aliphatic rings. The van der Waals surface area contributed by atoms with Gasteiger partial charge in [-0.2, -0.15) is 0 Å². The molecule has 0 aromatic carbocycles. The van der Waals surface area contributed by atoms with E-state index >= 15 is 0 Å². The average molecular weight is 209 g/mol. The third-order valence-electron chi connectivity index (χ3n) is 4.23. The first kappa shape index (κ1) is 9.60. The molecule has 0 aromatic rings. The predicted octanol–water partition coefficient (Wildman–Crippen LogP) is -0.297. The van der Waals surface area contributed by atoms with Gasteiger partial charge in [0.25, 0.3) is 0 Å². The molecule has 0 bridgehead atoms. The highest BCUT2D eigenvalue weighted by atomic mass is 16.2. The van der Waals surface area contributed by atoms with E-state index < -0.39 is 0 Å². The number of carbonyl (C=O) groups is 1. The second-order valence-corrected chi connectivity index (χ2v) is 4.95. The largest absolute Gasteiger partial charge is 0.353 e. The van der Waals surface area contributed by atoms with Crippen LogP contribution in [-0.4, -0.2) is 48.6 Å². The van der Waals surface area contributed by atoms with Crippen molar-refractivity contribution in [3.05, 3.63) is 0 Å². The fraction of sp³-hybridized carbons (Fsp3) is 0.909. The minimum atomic E-state index is -0.251. The summed E-state index contributed by atoms with van der Waals surface area (Å²) in [6.45, 7) is 3.98. The van der Waals surface area contributed by atoms with Crippen molar-refractivity contribution in [1.29, 1.82) is 0 Å². The first-order valence-electron chi connectivity index (χ1n) is 6.10. The second kappa shape index (κ2) is 3.46. The van der Waals surface area contributed by atoms with Crippen LogP contribution < -0.4 is 10.6 Å². The van der Waals surface area contributed by atoms with Crippen molar-refractivity contribution >= 4 is 5.91 Å². The van der Waals surface area contributed by atoms with E-state index in [9.17, 15) is 4.79 Å². The lowest BCUT2D eigenvalue weighted by atomic mass is 9.83. The number of rotatable bonds is 0. The number of piperazine rings is 1. The number of piperidine rings is 1. The minimum Gasteiger partial charge on any atom is -0.353 e. The van der Waals surface area contributed by atoms with Gasteiger partial charge in [-0.15, -0.1) is 0 Å². The molecule has 2 atom stereocenters. The number of nitrogens with zero attached hydrogens (tertiary/aromatic N) is 1. The standard InChI is InChI=1S/C11H19N3O/c15-10-11(13-6-5-12-10)4-8-14-7-2-1-3-9(11)14/h9,13H,1-8H2,(H,12,15). The molecule has 4 heteroatoms. The van der Waals surface area contributed by atoms with Gasteiger partial charge in [-0.1, -0.05) is 6.42 Å². The molecule has 15 heavy (non-hydrogen) atoms. The molecule has 1 spiro atoms. The first-order valence-corrected chi connectivity index (χ1v) is 6.10. The second-order valence-electron chi connectivity index (χ2n) is 4.95. The van der Waals surface area contributed by atoms with E-state index in [0.717, 1.165) is 26.1 Å². The summed E-state index contributed by atoms with van der Waals surface area (Å²) in [4.78, 5) is 14.6. The van der Waals surface area contributed by atoms with Crippen LogP contribution in [0.4, 0.5) is 0 Å². The van der Waals surface area contributed by atoms with Gasteiger partial charge in [-0.3, -0.25) is 9.69 Å². The van der Waals surface area contributed by atoms with Gasteiger partial charge in [0.15, 0.2) is 0 Å². The van der Waals surface area contributed by atoms with Gasteiger partial charge in [-0.05, 0) is 25.8 Å². The number of nitrogens with one attached hydrogen (secondary N) is 2. The Morgan fingerprint density at radius 3 is 3.07 bits per heavy atom. The Bertz CT molecular complexity index is 281. The van der Waals surface area contributed by atoms with Gasteiger partial charge >= 0.3 is 0 Å². The van der Waals surface area contributed by atoms with Crippen molar-refractivity contribution in [1.82, 2.24) is 15.5 Å². The van der Waals surface area contributed by atoms with Crippen LogP contribution in [0.1, 0.15) is 25.7 Å². The van der Waals surface area contributed by atoms with Gasteiger partial charge < -0.3 is 10.6 Å². The summed E-state index contributed by atoms with van der Waals surface area (Å²) in [6.07, 6.45) is 4.75. The van der Waals surface area contributed by atoms with E-state index in [4.69, 9.17) is 0 Å². The van der Waals surface area contributed by atoms with Crippen molar-refractivity contribution < 1.29 is 4.79 Å². The normalized spacial score (nSPS) is 41.6. The van der Waals surface area contributed by atoms with Crippen LogP contribution in [0.5, 0.6) is 0 Å². The van der Waals surface area contributed by atoms with Gasteiger partial charge in [0.05, 0.1) is 0 Å². The molecule has 84 valence electrons. The maximum atomic E-state index is 12.1. The quantitative estimate of drug-likeness (QED) is 0.576. The maximum absolute atomic E-state index is 12.1. The predicted molar refractivity (Wildman–Crippen MR) is 57.6 cm³/mol. The minimum absolute atomic E-state index is 0.239. The lowest BCUT2D eigenvalue weighted by Gasteiger charge is -2.42. The fourth-order valence-corrected chi connectivity index (χ4v) is 3.47. The fourth-order valence-electron chi connectivity index (χ4n) is 3.47. The van der Waals surface area contributed by atoms with Gasteiger partial charge in [0, 0.05) is 25.7 Å². The lowest BCUT2D eigenvalue weighted by molar-refractivity contribution is -0.130. The molecular weight excluding hydrogens is 190 g/mol. The number of amides is 1. The smallest absolute Gasteiger partial charge is 0.242 e. The summed E-state index contributed by atoms with van der Waals surface area (Å²) in [7, 11) is 0. The molecule has 0 aromatic heterocycles. The van der Waals surface area contributed by atoms with E-state index in [1.54, 1.807) is 0 Å². The van der Waals surface area contributed by atoms with Crippen LogP contribution in [0, 0.1) is 0 Å². The van der Waals surface area contributed by atoms with E-state index in [1.807, 2.05) is 0 Å². The molecule has 3 rings (SSSR count). The highest BCUT2D eigenvalue weighted by molar-refractivity contribution is 5.88. The highest BCUT2D eigenvalue weighted by Gasteiger charge is 2.53. The molecule has 3 fully saturated rings. The molecule has 3 heterocycles. The maximum Gasteiger partial charge on any atom is 0.242 e. The Hall–Kier alpha value is -0.610. The van der Waals surface area contributed by atoms with Crippen molar-refractivity contribution in [2.24, 2.45) is 0 Å². The molecule has 2 unspecified atom stereocenters. The summed E-state index contributed by atoms with van der Waals surface area (Å²) in [6, 6.07) is 0.451. The van der Waals surface area contributed by atoms with E-state index in [-0.39, 0.29) is 11.4 Å². The Morgan fingerprint density at radius 1 is 1.27 bits per heavy atom. The topological polar surface area (TPSA) is 44.4 Å². The van der Waals surface area contributed by atoms with Gasteiger partial charge in [0.1, 0.15) is 5.54 Å². The Labute approximate surface area is 90.4 Å². The molecule has 3 saturated heterocycles. The zero-order valence-corrected chi connectivity index (χ0v) is 9.09. The summed E-state index contributed by atoms with van der Waals surface area (Å²) in [5, 5.41) is 6.51. The molecule has 0 aliphatic carbocycles. The zero-order chi connectivity index (χ0) is 10.3. The number of hydrogen-bond acceptors (Lipinski definition) is 3. The van der Waals surface area contributed by atoms with Crippen molar-refractivity contribution in [2.75, 3.05) is 26.2 Å². The van der Waals surface area contributed by atoms with Crippen LogP contribution in [0.25, 0.3) is 0 Å². The van der Waals surface area contributed by atoms with E-state index in [0.29, 0.717) is 6.04 Å². The van der Waals surface area contributed by atoms with Crippen LogP contribution in [0.15, 0.2) is 0 Å². The van der Waals surface area contributed by atoms with E-state index in [2.05, 4.69) is 15.5 Å². The zero-order valence-electron chi connectivity index (χ0n) is 9.09. The Balaban J connectivity index is 1.87. The molecule has 4 nitrogen and oxygen atoms in total.